The highest BCUT2D eigenvalue weighted by Crippen LogP contribution is 2.31. The second-order valence-electron chi connectivity index (χ2n) is 4.99. The average molecular weight is 248 g/mol. The van der Waals surface area contributed by atoms with Crippen LogP contribution in [0.25, 0.3) is 0 Å². The van der Waals surface area contributed by atoms with E-state index in [0.717, 1.165) is 24.6 Å². The molecule has 3 rings (SSSR count). The fourth-order valence-electron chi connectivity index (χ4n) is 2.66. The molecule has 2 aliphatic heterocycles. The number of fused-ring (bicyclic) bond motifs is 1. The smallest absolute Gasteiger partial charge is 0.161 e. The largest absolute Gasteiger partial charge is 0.486 e. The summed E-state index contributed by atoms with van der Waals surface area (Å²) in [7, 11) is 2.04. The van der Waals surface area contributed by atoms with Crippen molar-refractivity contribution in [1.82, 2.24) is 10.2 Å². The van der Waals surface area contributed by atoms with Crippen LogP contribution in [0.3, 0.4) is 0 Å². The Balaban J connectivity index is 1.66. The summed E-state index contributed by atoms with van der Waals surface area (Å²) in [5, 5.41) is 3.34. The zero-order valence-corrected chi connectivity index (χ0v) is 10.8. The van der Waals surface area contributed by atoms with Crippen LogP contribution in [0.15, 0.2) is 18.2 Å². The lowest BCUT2D eigenvalue weighted by atomic mass is 10.2. The number of nitrogens with zero attached hydrogens (tertiary/aromatic N) is 1. The molecule has 1 aromatic carbocycles. The quantitative estimate of drug-likeness (QED) is 0.873. The first-order valence-corrected chi connectivity index (χ1v) is 6.63. The summed E-state index contributed by atoms with van der Waals surface area (Å²) >= 11 is 0. The topological polar surface area (TPSA) is 33.7 Å². The summed E-state index contributed by atoms with van der Waals surface area (Å²) in [5.41, 5.74) is 1.30. The van der Waals surface area contributed by atoms with E-state index < -0.39 is 0 Å². The lowest BCUT2D eigenvalue weighted by molar-refractivity contribution is 0.171. The molecule has 1 aromatic rings. The highest BCUT2D eigenvalue weighted by Gasteiger charge is 2.21. The molecule has 0 amide bonds. The highest BCUT2D eigenvalue weighted by atomic mass is 16.6. The minimum atomic E-state index is 0.641. The van der Waals surface area contributed by atoms with Crippen molar-refractivity contribution in [3.63, 3.8) is 0 Å². The van der Waals surface area contributed by atoms with Crippen molar-refractivity contribution in [1.29, 1.82) is 0 Å². The summed E-state index contributed by atoms with van der Waals surface area (Å²) in [6, 6.07) is 6.92. The van der Waals surface area contributed by atoms with Crippen molar-refractivity contribution in [2.24, 2.45) is 0 Å². The molecule has 18 heavy (non-hydrogen) atoms. The van der Waals surface area contributed by atoms with E-state index in [2.05, 4.69) is 22.3 Å². The van der Waals surface area contributed by atoms with Crippen molar-refractivity contribution < 1.29 is 9.47 Å². The van der Waals surface area contributed by atoms with E-state index in [0.29, 0.717) is 19.3 Å². The summed E-state index contributed by atoms with van der Waals surface area (Å²) in [4.78, 5) is 2.48. The van der Waals surface area contributed by atoms with Crippen LogP contribution in [0.4, 0.5) is 0 Å². The fourth-order valence-corrected chi connectivity index (χ4v) is 2.66. The number of rotatable bonds is 3. The molecule has 1 unspecified atom stereocenters. The summed E-state index contributed by atoms with van der Waals surface area (Å²) in [6.45, 7) is 4.60. The summed E-state index contributed by atoms with van der Waals surface area (Å²) in [5.74, 6) is 1.77. The number of nitrogens with one attached hydrogen (secondary N) is 1. The first-order chi connectivity index (χ1) is 8.85. The third-order valence-corrected chi connectivity index (χ3v) is 3.69. The van der Waals surface area contributed by atoms with E-state index in [-0.39, 0.29) is 0 Å². The Morgan fingerprint density at radius 3 is 2.89 bits per heavy atom. The van der Waals surface area contributed by atoms with Gasteiger partial charge in [-0.15, -0.1) is 0 Å². The fraction of sp³-hybridized carbons (Fsp3) is 0.571. The molecule has 4 nitrogen and oxygen atoms in total. The number of hydrogen-bond donors (Lipinski definition) is 1. The molecular formula is C14H20N2O2. The average Bonchev–Trinajstić information content (AvgIpc) is 2.86. The van der Waals surface area contributed by atoms with Gasteiger partial charge in [0.1, 0.15) is 13.2 Å². The van der Waals surface area contributed by atoms with Crippen LogP contribution >= 0.6 is 0 Å². The third kappa shape index (κ3) is 2.44. The molecule has 4 heteroatoms. The zero-order valence-electron chi connectivity index (χ0n) is 10.8. The Hall–Kier alpha value is -1.26. The van der Waals surface area contributed by atoms with Gasteiger partial charge in [0.25, 0.3) is 0 Å². The Morgan fingerprint density at radius 2 is 2.11 bits per heavy atom. The van der Waals surface area contributed by atoms with Gasteiger partial charge in [0.05, 0.1) is 0 Å². The molecule has 98 valence electrons. The van der Waals surface area contributed by atoms with Gasteiger partial charge in [-0.3, -0.25) is 4.90 Å². The molecule has 0 saturated carbocycles. The predicted molar refractivity (Wildman–Crippen MR) is 70.2 cm³/mol. The molecule has 2 heterocycles. The van der Waals surface area contributed by atoms with Crippen LogP contribution in [0.2, 0.25) is 0 Å². The molecule has 0 bridgehead atoms. The third-order valence-electron chi connectivity index (χ3n) is 3.69. The maximum Gasteiger partial charge on any atom is 0.161 e. The van der Waals surface area contributed by atoms with Crippen LogP contribution in [0.1, 0.15) is 12.0 Å². The second-order valence-corrected chi connectivity index (χ2v) is 4.99. The van der Waals surface area contributed by atoms with E-state index in [1.54, 1.807) is 0 Å². The lowest BCUT2D eigenvalue weighted by Crippen LogP contribution is -2.29. The van der Waals surface area contributed by atoms with Gasteiger partial charge < -0.3 is 14.8 Å². The Labute approximate surface area is 108 Å². The van der Waals surface area contributed by atoms with Crippen LogP contribution in [0, 0.1) is 0 Å². The molecule has 1 saturated heterocycles. The van der Waals surface area contributed by atoms with Crippen LogP contribution in [-0.4, -0.2) is 44.3 Å². The predicted octanol–water partition coefficient (Wildman–Crippen LogP) is 1.25. The van der Waals surface area contributed by atoms with Crippen LogP contribution in [-0.2, 0) is 6.54 Å². The van der Waals surface area contributed by atoms with Gasteiger partial charge in [0, 0.05) is 25.7 Å². The highest BCUT2D eigenvalue weighted by molar-refractivity contribution is 5.43. The maximum atomic E-state index is 5.62. The SMILES string of the molecule is CNC1CCN(Cc2ccc3c(c2)OCCO3)C1. The van der Waals surface area contributed by atoms with Crippen molar-refractivity contribution in [2.45, 2.75) is 19.0 Å². The summed E-state index contributed by atoms with van der Waals surface area (Å²) < 4.78 is 11.1. The second kappa shape index (κ2) is 5.16. The van der Waals surface area contributed by atoms with Crippen LogP contribution < -0.4 is 14.8 Å². The molecule has 0 aliphatic carbocycles. The van der Waals surface area contributed by atoms with Gasteiger partial charge in [0.2, 0.25) is 0 Å². The Morgan fingerprint density at radius 1 is 1.28 bits per heavy atom. The van der Waals surface area contributed by atoms with Crippen molar-refractivity contribution in [2.75, 3.05) is 33.4 Å². The molecule has 0 spiro atoms. The van der Waals surface area contributed by atoms with Gasteiger partial charge in [-0.1, -0.05) is 6.07 Å². The molecule has 2 aliphatic rings. The number of ether oxygens (including phenoxy) is 2. The normalized spacial score (nSPS) is 23.3. The lowest BCUT2D eigenvalue weighted by Gasteiger charge is -2.20. The molecular weight excluding hydrogens is 228 g/mol. The molecule has 1 atom stereocenters. The van der Waals surface area contributed by atoms with Gasteiger partial charge in [-0.2, -0.15) is 0 Å². The van der Waals surface area contributed by atoms with Gasteiger partial charge in [-0.25, -0.2) is 0 Å². The zero-order chi connectivity index (χ0) is 12.4. The van der Waals surface area contributed by atoms with Crippen molar-refractivity contribution in [3.8, 4) is 11.5 Å². The molecule has 0 radical (unpaired) electrons. The number of likely N-dealkylation sites (N-methyl/N-ethyl adjacent to an activating group) is 1. The number of hydrogen-bond acceptors (Lipinski definition) is 4. The number of likely N-dealkylation sites (tertiary alicyclic amines) is 1. The van der Waals surface area contributed by atoms with E-state index in [9.17, 15) is 0 Å². The molecule has 1 fully saturated rings. The van der Waals surface area contributed by atoms with E-state index in [4.69, 9.17) is 9.47 Å². The maximum absolute atomic E-state index is 5.62. The minimum absolute atomic E-state index is 0.641. The molecule has 1 N–H and O–H groups in total. The van der Waals surface area contributed by atoms with Gasteiger partial charge >= 0.3 is 0 Å². The van der Waals surface area contributed by atoms with Crippen LogP contribution in [0.5, 0.6) is 11.5 Å². The van der Waals surface area contributed by atoms with E-state index in [1.807, 2.05) is 13.1 Å². The first kappa shape index (κ1) is 11.8. The number of benzene rings is 1. The Kier molecular flexibility index (Phi) is 3.39. The van der Waals surface area contributed by atoms with Crippen molar-refractivity contribution >= 4 is 0 Å². The van der Waals surface area contributed by atoms with E-state index >= 15 is 0 Å². The van der Waals surface area contributed by atoms with Gasteiger partial charge in [0.15, 0.2) is 11.5 Å². The monoisotopic (exact) mass is 248 g/mol. The van der Waals surface area contributed by atoms with Gasteiger partial charge in [-0.05, 0) is 31.2 Å². The minimum Gasteiger partial charge on any atom is -0.486 e. The standard InChI is InChI=1S/C14H20N2O2/c1-15-12-4-5-16(10-12)9-11-2-3-13-14(8-11)18-7-6-17-13/h2-3,8,12,15H,4-7,9-10H2,1H3. The first-order valence-electron chi connectivity index (χ1n) is 6.63. The molecule has 0 aromatic heterocycles. The summed E-state index contributed by atoms with van der Waals surface area (Å²) in [6.07, 6.45) is 1.24. The Bertz CT molecular complexity index is 422. The van der Waals surface area contributed by atoms with E-state index in [1.165, 1.54) is 18.5 Å². The van der Waals surface area contributed by atoms with Crippen molar-refractivity contribution in [3.05, 3.63) is 23.8 Å².